The fourth-order valence-electron chi connectivity index (χ4n) is 1.02. The maximum atomic E-state index is 4.34. The van der Waals surface area contributed by atoms with Crippen LogP contribution in [0.3, 0.4) is 0 Å². The monoisotopic (exact) mass is 206 g/mol. The van der Waals surface area contributed by atoms with Gasteiger partial charge in [-0.1, -0.05) is 11.6 Å². The Labute approximate surface area is 91.0 Å². The highest BCUT2D eigenvalue weighted by atomic mass is 15.2. The smallest absolute Gasteiger partial charge is 0.226 e. The molecule has 0 saturated heterocycles. The maximum Gasteiger partial charge on any atom is 0.226 e. The van der Waals surface area contributed by atoms with E-state index in [0.717, 1.165) is 18.3 Å². The van der Waals surface area contributed by atoms with E-state index in [-0.39, 0.29) is 0 Å². The van der Waals surface area contributed by atoms with Crippen LogP contribution in [0.4, 0.5) is 11.8 Å². The summed E-state index contributed by atoms with van der Waals surface area (Å²) in [5, 5.41) is 3.22. The second-order valence-corrected chi connectivity index (χ2v) is 3.80. The summed E-state index contributed by atoms with van der Waals surface area (Å²) in [6, 6.07) is 1.87. The third-order valence-corrected chi connectivity index (χ3v) is 1.84. The van der Waals surface area contributed by atoms with Gasteiger partial charge in [0.25, 0.3) is 0 Å². The summed E-state index contributed by atoms with van der Waals surface area (Å²) in [5.41, 5.74) is 1.30. The standard InChI is InChI=1S/C11H18N4/c1-9(2)5-7-12-10-6-8-13-11(14-10)15(3)4/h5-6,8H,7H2,1-4H3,(H,12,13,14). The highest BCUT2D eigenvalue weighted by Gasteiger charge is 1.99. The number of allylic oxidation sites excluding steroid dienone is 1. The molecule has 1 aromatic heterocycles. The first-order valence-electron chi connectivity index (χ1n) is 4.97. The lowest BCUT2D eigenvalue weighted by Crippen LogP contribution is -2.13. The SMILES string of the molecule is CC(C)=CCNc1ccnc(N(C)C)n1. The van der Waals surface area contributed by atoms with Gasteiger partial charge in [0.15, 0.2) is 0 Å². The molecule has 0 aliphatic rings. The van der Waals surface area contributed by atoms with Crippen LogP contribution in [-0.2, 0) is 0 Å². The Balaban J connectivity index is 2.62. The zero-order valence-corrected chi connectivity index (χ0v) is 9.78. The Morgan fingerprint density at radius 2 is 2.20 bits per heavy atom. The molecule has 1 rings (SSSR count). The van der Waals surface area contributed by atoms with E-state index in [1.54, 1.807) is 6.20 Å². The molecule has 15 heavy (non-hydrogen) atoms. The van der Waals surface area contributed by atoms with E-state index in [9.17, 15) is 0 Å². The number of anilines is 2. The summed E-state index contributed by atoms with van der Waals surface area (Å²) in [6.45, 7) is 4.95. The Morgan fingerprint density at radius 3 is 2.80 bits per heavy atom. The minimum atomic E-state index is 0.720. The molecule has 0 saturated carbocycles. The van der Waals surface area contributed by atoms with Gasteiger partial charge in [0.2, 0.25) is 5.95 Å². The van der Waals surface area contributed by atoms with Crippen LogP contribution in [0.15, 0.2) is 23.9 Å². The van der Waals surface area contributed by atoms with Crippen LogP contribution in [0, 0.1) is 0 Å². The van der Waals surface area contributed by atoms with Crippen molar-refractivity contribution in [3.63, 3.8) is 0 Å². The number of hydrogen-bond acceptors (Lipinski definition) is 4. The predicted octanol–water partition coefficient (Wildman–Crippen LogP) is 1.92. The molecule has 0 fully saturated rings. The number of rotatable bonds is 4. The van der Waals surface area contributed by atoms with Crippen LogP contribution in [0.25, 0.3) is 0 Å². The summed E-state index contributed by atoms with van der Waals surface area (Å²) in [6.07, 6.45) is 3.88. The van der Waals surface area contributed by atoms with Crippen molar-refractivity contribution in [2.75, 3.05) is 30.9 Å². The first-order chi connectivity index (χ1) is 7.09. The molecule has 0 aliphatic carbocycles. The van der Waals surface area contributed by atoms with E-state index < -0.39 is 0 Å². The molecule has 1 N–H and O–H groups in total. The van der Waals surface area contributed by atoms with Crippen LogP contribution in [-0.4, -0.2) is 30.6 Å². The summed E-state index contributed by atoms with van der Waals surface area (Å²) in [5.74, 6) is 1.57. The number of nitrogens with zero attached hydrogens (tertiary/aromatic N) is 3. The van der Waals surface area contributed by atoms with Gasteiger partial charge in [0.05, 0.1) is 0 Å². The molecular weight excluding hydrogens is 188 g/mol. The van der Waals surface area contributed by atoms with E-state index in [2.05, 4.69) is 35.2 Å². The zero-order chi connectivity index (χ0) is 11.3. The molecule has 1 aromatic rings. The molecule has 0 spiro atoms. The quantitative estimate of drug-likeness (QED) is 0.764. The second kappa shape index (κ2) is 5.34. The number of aromatic nitrogens is 2. The van der Waals surface area contributed by atoms with Crippen molar-refractivity contribution in [2.45, 2.75) is 13.8 Å². The predicted molar refractivity (Wildman–Crippen MR) is 64.3 cm³/mol. The molecule has 82 valence electrons. The number of hydrogen-bond donors (Lipinski definition) is 1. The topological polar surface area (TPSA) is 41.1 Å². The van der Waals surface area contributed by atoms with Crippen molar-refractivity contribution in [1.82, 2.24) is 9.97 Å². The number of nitrogens with one attached hydrogen (secondary N) is 1. The van der Waals surface area contributed by atoms with Gasteiger partial charge in [-0.3, -0.25) is 0 Å². The first kappa shape index (κ1) is 11.5. The lowest BCUT2D eigenvalue weighted by molar-refractivity contribution is 0.995. The van der Waals surface area contributed by atoms with Gasteiger partial charge in [-0.05, 0) is 19.9 Å². The molecule has 0 unspecified atom stereocenters. The minimum Gasteiger partial charge on any atom is -0.366 e. The maximum absolute atomic E-state index is 4.34. The van der Waals surface area contributed by atoms with Crippen LogP contribution in [0.5, 0.6) is 0 Å². The van der Waals surface area contributed by atoms with Crippen LogP contribution >= 0.6 is 0 Å². The summed E-state index contributed by atoms with van der Waals surface area (Å²) < 4.78 is 0. The normalized spacial score (nSPS) is 9.60. The highest BCUT2D eigenvalue weighted by Crippen LogP contribution is 2.07. The third-order valence-electron chi connectivity index (χ3n) is 1.84. The summed E-state index contributed by atoms with van der Waals surface area (Å²) in [4.78, 5) is 10.4. The Hall–Kier alpha value is -1.58. The fraction of sp³-hybridized carbons (Fsp3) is 0.455. The molecule has 4 heteroatoms. The zero-order valence-electron chi connectivity index (χ0n) is 9.78. The Morgan fingerprint density at radius 1 is 1.47 bits per heavy atom. The second-order valence-electron chi connectivity index (χ2n) is 3.80. The van der Waals surface area contributed by atoms with Crippen molar-refractivity contribution < 1.29 is 0 Å². The lowest BCUT2D eigenvalue weighted by atomic mass is 10.3. The van der Waals surface area contributed by atoms with Crippen molar-refractivity contribution in [2.24, 2.45) is 0 Å². The van der Waals surface area contributed by atoms with Gasteiger partial charge in [-0.15, -0.1) is 0 Å². The molecule has 0 radical (unpaired) electrons. The van der Waals surface area contributed by atoms with Crippen molar-refractivity contribution in [3.8, 4) is 0 Å². The molecule has 0 aromatic carbocycles. The van der Waals surface area contributed by atoms with E-state index in [1.165, 1.54) is 5.57 Å². The molecule has 1 heterocycles. The van der Waals surface area contributed by atoms with Gasteiger partial charge in [0, 0.05) is 26.8 Å². The molecule has 0 aliphatic heterocycles. The average Bonchev–Trinajstić information content (AvgIpc) is 2.17. The Bertz CT molecular complexity index is 340. The molecule has 0 atom stereocenters. The molecule has 0 bridgehead atoms. The van der Waals surface area contributed by atoms with Crippen LogP contribution < -0.4 is 10.2 Å². The van der Waals surface area contributed by atoms with Crippen molar-refractivity contribution in [1.29, 1.82) is 0 Å². The molecular formula is C11H18N4. The van der Waals surface area contributed by atoms with E-state index in [1.807, 2.05) is 25.1 Å². The van der Waals surface area contributed by atoms with Crippen molar-refractivity contribution >= 4 is 11.8 Å². The largest absolute Gasteiger partial charge is 0.366 e. The summed E-state index contributed by atoms with van der Waals surface area (Å²) >= 11 is 0. The highest BCUT2D eigenvalue weighted by molar-refractivity contribution is 5.40. The van der Waals surface area contributed by atoms with E-state index in [4.69, 9.17) is 0 Å². The van der Waals surface area contributed by atoms with Crippen LogP contribution in [0.2, 0.25) is 0 Å². The first-order valence-corrected chi connectivity index (χ1v) is 4.97. The molecule has 4 nitrogen and oxygen atoms in total. The van der Waals surface area contributed by atoms with Gasteiger partial charge >= 0.3 is 0 Å². The summed E-state index contributed by atoms with van der Waals surface area (Å²) in [7, 11) is 3.85. The fourth-order valence-corrected chi connectivity index (χ4v) is 1.02. The van der Waals surface area contributed by atoms with Gasteiger partial charge in [-0.25, -0.2) is 4.98 Å². The third kappa shape index (κ3) is 3.97. The van der Waals surface area contributed by atoms with E-state index >= 15 is 0 Å². The van der Waals surface area contributed by atoms with Gasteiger partial charge < -0.3 is 10.2 Å². The van der Waals surface area contributed by atoms with E-state index in [0.29, 0.717) is 0 Å². The van der Waals surface area contributed by atoms with Crippen molar-refractivity contribution in [3.05, 3.63) is 23.9 Å². The van der Waals surface area contributed by atoms with Gasteiger partial charge in [0.1, 0.15) is 5.82 Å². The minimum absolute atomic E-state index is 0.720. The average molecular weight is 206 g/mol. The lowest BCUT2D eigenvalue weighted by Gasteiger charge is -2.10. The van der Waals surface area contributed by atoms with Crippen LogP contribution in [0.1, 0.15) is 13.8 Å². The Kier molecular flexibility index (Phi) is 4.09. The molecule has 0 amide bonds. The van der Waals surface area contributed by atoms with Gasteiger partial charge in [-0.2, -0.15) is 4.98 Å².